The van der Waals surface area contributed by atoms with E-state index in [1.165, 1.54) is 11.1 Å². The maximum atomic E-state index is 12.7. The molecule has 0 bridgehead atoms. The van der Waals surface area contributed by atoms with Crippen LogP contribution in [-0.4, -0.2) is 18.4 Å². The van der Waals surface area contributed by atoms with Gasteiger partial charge in [0.25, 0.3) is 0 Å². The Kier molecular flexibility index (Phi) is 4.98. The van der Waals surface area contributed by atoms with E-state index in [1.807, 2.05) is 12.1 Å². The Morgan fingerprint density at radius 3 is 2.35 bits per heavy atom. The zero-order chi connectivity index (χ0) is 17.3. The minimum absolute atomic E-state index is 0.0129. The molecule has 1 aliphatic carbocycles. The number of Topliss-reactive ketones (excluding diaryl/α,β-unsaturated/α-hetero) is 1. The van der Waals surface area contributed by atoms with E-state index < -0.39 is 0 Å². The van der Waals surface area contributed by atoms with E-state index in [4.69, 9.17) is 4.74 Å². The summed E-state index contributed by atoms with van der Waals surface area (Å²) in [6, 6.07) is 6.04. The van der Waals surface area contributed by atoms with Crippen molar-refractivity contribution in [3.8, 4) is 0 Å². The van der Waals surface area contributed by atoms with Crippen molar-refractivity contribution in [1.29, 1.82) is 0 Å². The molecule has 0 spiro atoms. The Bertz CT molecular complexity index is 611. The average molecular weight is 316 g/mol. The van der Waals surface area contributed by atoms with Crippen molar-refractivity contribution in [2.45, 2.75) is 71.1 Å². The van der Waals surface area contributed by atoms with Gasteiger partial charge in [-0.1, -0.05) is 45.9 Å². The summed E-state index contributed by atoms with van der Waals surface area (Å²) in [4.78, 5) is 24.2. The van der Waals surface area contributed by atoms with Crippen LogP contribution in [-0.2, 0) is 20.4 Å². The SMILES string of the molecule is CCOC(=O)CCC(=O)c1cccc2c1C(C)(C)CCC2(C)C. The number of hydrogen-bond donors (Lipinski definition) is 0. The fourth-order valence-electron chi connectivity index (χ4n) is 3.55. The standard InChI is InChI=1S/C20H28O3/c1-6-23-17(22)11-10-16(21)14-8-7-9-15-18(14)20(4,5)13-12-19(15,2)3/h7-9H,6,10-13H2,1-5H3. The van der Waals surface area contributed by atoms with Crippen LogP contribution in [0.15, 0.2) is 18.2 Å². The van der Waals surface area contributed by atoms with Gasteiger partial charge in [-0.3, -0.25) is 9.59 Å². The zero-order valence-electron chi connectivity index (χ0n) is 15.0. The van der Waals surface area contributed by atoms with Gasteiger partial charge in [0.05, 0.1) is 13.0 Å². The first-order chi connectivity index (χ1) is 10.7. The predicted molar refractivity (Wildman–Crippen MR) is 91.9 cm³/mol. The lowest BCUT2D eigenvalue weighted by Crippen LogP contribution is -2.35. The molecule has 3 heteroatoms. The van der Waals surface area contributed by atoms with E-state index in [9.17, 15) is 9.59 Å². The monoisotopic (exact) mass is 316 g/mol. The maximum Gasteiger partial charge on any atom is 0.306 e. The number of ether oxygens (including phenoxy) is 1. The molecule has 0 saturated carbocycles. The lowest BCUT2D eigenvalue weighted by molar-refractivity contribution is -0.143. The Hall–Kier alpha value is -1.64. The van der Waals surface area contributed by atoms with Crippen LogP contribution in [0.3, 0.4) is 0 Å². The van der Waals surface area contributed by atoms with Crippen molar-refractivity contribution < 1.29 is 14.3 Å². The van der Waals surface area contributed by atoms with E-state index >= 15 is 0 Å². The highest BCUT2D eigenvalue weighted by molar-refractivity contribution is 5.99. The minimum Gasteiger partial charge on any atom is -0.466 e. The van der Waals surface area contributed by atoms with Gasteiger partial charge in [0, 0.05) is 12.0 Å². The van der Waals surface area contributed by atoms with E-state index in [0.29, 0.717) is 6.61 Å². The van der Waals surface area contributed by atoms with Gasteiger partial charge >= 0.3 is 5.97 Å². The molecule has 0 N–H and O–H groups in total. The third-order valence-corrected chi connectivity index (χ3v) is 5.01. The first kappa shape index (κ1) is 17.7. The summed E-state index contributed by atoms with van der Waals surface area (Å²) < 4.78 is 4.92. The van der Waals surface area contributed by atoms with Crippen LogP contribution in [0.25, 0.3) is 0 Å². The van der Waals surface area contributed by atoms with E-state index in [-0.39, 0.29) is 35.4 Å². The number of ketones is 1. The summed E-state index contributed by atoms with van der Waals surface area (Å²) in [5.41, 5.74) is 3.30. The van der Waals surface area contributed by atoms with Crippen LogP contribution in [0.2, 0.25) is 0 Å². The molecule has 0 radical (unpaired) electrons. The van der Waals surface area contributed by atoms with Gasteiger partial charge in [-0.2, -0.15) is 0 Å². The Morgan fingerprint density at radius 2 is 1.70 bits per heavy atom. The lowest BCUT2D eigenvalue weighted by atomic mass is 9.61. The van der Waals surface area contributed by atoms with Crippen molar-refractivity contribution in [3.05, 3.63) is 34.9 Å². The number of benzene rings is 1. The summed E-state index contributed by atoms with van der Waals surface area (Å²) in [7, 11) is 0. The second-order valence-electron chi connectivity index (χ2n) is 7.72. The Labute approximate surface area is 139 Å². The second-order valence-corrected chi connectivity index (χ2v) is 7.72. The molecule has 1 aliphatic rings. The summed E-state index contributed by atoms with van der Waals surface area (Å²) in [5.74, 6) is -0.258. The third kappa shape index (κ3) is 3.65. The van der Waals surface area contributed by atoms with Crippen LogP contribution in [0.1, 0.15) is 81.8 Å². The number of fused-ring (bicyclic) bond motifs is 1. The topological polar surface area (TPSA) is 43.4 Å². The molecule has 0 aromatic heterocycles. The molecular formula is C20H28O3. The molecular weight excluding hydrogens is 288 g/mol. The molecule has 2 rings (SSSR count). The maximum absolute atomic E-state index is 12.7. The van der Waals surface area contributed by atoms with Crippen molar-refractivity contribution in [1.82, 2.24) is 0 Å². The van der Waals surface area contributed by atoms with Gasteiger partial charge in [0.2, 0.25) is 0 Å². The third-order valence-electron chi connectivity index (χ3n) is 5.01. The predicted octanol–water partition coefficient (Wildman–Crippen LogP) is 4.56. The second kappa shape index (κ2) is 6.46. The average Bonchev–Trinajstić information content (AvgIpc) is 2.49. The summed E-state index contributed by atoms with van der Waals surface area (Å²) in [5, 5.41) is 0. The van der Waals surface area contributed by atoms with Crippen molar-refractivity contribution in [2.75, 3.05) is 6.61 Å². The number of esters is 1. The van der Waals surface area contributed by atoms with Crippen LogP contribution >= 0.6 is 0 Å². The number of hydrogen-bond acceptors (Lipinski definition) is 3. The highest BCUT2D eigenvalue weighted by Gasteiger charge is 2.39. The lowest BCUT2D eigenvalue weighted by Gasteiger charge is -2.42. The normalized spacial score (nSPS) is 18.1. The van der Waals surface area contributed by atoms with Gasteiger partial charge < -0.3 is 4.74 Å². The molecule has 23 heavy (non-hydrogen) atoms. The molecule has 1 aromatic carbocycles. The molecule has 0 aliphatic heterocycles. The van der Waals surface area contributed by atoms with Crippen molar-refractivity contribution in [3.63, 3.8) is 0 Å². The van der Waals surface area contributed by atoms with Crippen LogP contribution < -0.4 is 0 Å². The smallest absolute Gasteiger partial charge is 0.306 e. The quantitative estimate of drug-likeness (QED) is 0.591. The highest BCUT2D eigenvalue weighted by atomic mass is 16.5. The van der Waals surface area contributed by atoms with Gasteiger partial charge in [-0.15, -0.1) is 0 Å². The van der Waals surface area contributed by atoms with Crippen LogP contribution in [0, 0.1) is 0 Å². The summed E-state index contributed by atoms with van der Waals surface area (Å²) >= 11 is 0. The largest absolute Gasteiger partial charge is 0.466 e. The summed E-state index contributed by atoms with van der Waals surface area (Å²) in [6.07, 6.45) is 2.55. The fourth-order valence-corrected chi connectivity index (χ4v) is 3.55. The van der Waals surface area contributed by atoms with Crippen molar-refractivity contribution in [2.24, 2.45) is 0 Å². The van der Waals surface area contributed by atoms with Crippen LogP contribution in [0.5, 0.6) is 0 Å². The first-order valence-corrected chi connectivity index (χ1v) is 8.52. The molecule has 0 fully saturated rings. The highest BCUT2D eigenvalue weighted by Crippen LogP contribution is 2.47. The van der Waals surface area contributed by atoms with Gasteiger partial charge in [0.1, 0.15) is 0 Å². The minimum atomic E-state index is -0.301. The molecule has 0 heterocycles. The number of carbonyl (C=O) groups is 2. The van der Waals surface area contributed by atoms with Gasteiger partial charge in [0.15, 0.2) is 5.78 Å². The summed E-state index contributed by atoms with van der Waals surface area (Å²) in [6.45, 7) is 11.0. The van der Waals surface area contributed by atoms with Crippen molar-refractivity contribution >= 4 is 11.8 Å². The zero-order valence-corrected chi connectivity index (χ0v) is 15.0. The molecule has 126 valence electrons. The number of rotatable bonds is 5. The van der Waals surface area contributed by atoms with Crippen LogP contribution in [0.4, 0.5) is 0 Å². The van der Waals surface area contributed by atoms with E-state index in [0.717, 1.165) is 18.4 Å². The molecule has 0 amide bonds. The fraction of sp³-hybridized carbons (Fsp3) is 0.600. The molecule has 1 aromatic rings. The molecule has 3 nitrogen and oxygen atoms in total. The van der Waals surface area contributed by atoms with E-state index in [1.54, 1.807) is 6.92 Å². The van der Waals surface area contributed by atoms with E-state index in [2.05, 4.69) is 33.8 Å². The first-order valence-electron chi connectivity index (χ1n) is 8.52. The molecule has 0 unspecified atom stereocenters. The Balaban J connectivity index is 2.34. The molecule has 0 atom stereocenters. The Morgan fingerprint density at radius 1 is 1.04 bits per heavy atom. The molecule has 0 saturated heterocycles. The number of carbonyl (C=O) groups excluding carboxylic acids is 2. The van der Waals surface area contributed by atoms with Gasteiger partial charge in [-0.25, -0.2) is 0 Å². The van der Waals surface area contributed by atoms with Gasteiger partial charge in [-0.05, 0) is 41.7 Å².